The van der Waals surface area contributed by atoms with E-state index < -0.39 is 0 Å². The standard InChI is InChI=1S/C21H24N4O2S2/c26-21(22-12-19(20-7-4-10-29-20)25-8-1-2-9-25)24-16-5-3-6-18(11-16)27-13-17-14-28-15-23-17/h3-7,10-11,14-15,19H,1-2,8-9,12-13H2,(H2,22,24,26). The third kappa shape index (κ3) is 5.56. The molecule has 6 nitrogen and oxygen atoms in total. The monoisotopic (exact) mass is 428 g/mol. The number of hydrogen-bond acceptors (Lipinski definition) is 6. The zero-order valence-corrected chi connectivity index (χ0v) is 17.7. The lowest BCUT2D eigenvalue weighted by molar-refractivity contribution is 0.229. The van der Waals surface area contributed by atoms with Crippen molar-refractivity contribution in [1.82, 2.24) is 15.2 Å². The van der Waals surface area contributed by atoms with Gasteiger partial charge in [0.1, 0.15) is 12.4 Å². The van der Waals surface area contributed by atoms with Gasteiger partial charge in [-0.1, -0.05) is 12.1 Å². The molecule has 1 atom stereocenters. The van der Waals surface area contributed by atoms with Crippen LogP contribution in [0.25, 0.3) is 0 Å². The van der Waals surface area contributed by atoms with E-state index in [1.807, 2.05) is 29.6 Å². The van der Waals surface area contributed by atoms with Crippen molar-refractivity contribution in [2.24, 2.45) is 0 Å². The average molecular weight is 429 g/mol. The lowest BCUT2D eigenvalue weighted by Crippen LogP contribution is -2.38. The van der Waals surface area contributed by atoms with Gasteiger partial charge in [-0.3, -0.25) is 4.90 Å². The molecule has 2 N–H and O–H groups in total. The maximum Gasteiger partial charge on any atom is 0.319 e. The molecule has 0 aliphatic carbocycles. The minimum absolute atomic E-state index is 0.206. The van der Waals surface area contributed by atoms with Crippen LogP contribution in [0.15, 0.2) is 52.7 Å². The van der Waals surface area contributed by atoms with Crippen LogP contribution < -0.4 is 15.4 Å². The Labute approximate surface area is 178 Å². The van der Waals surface area contributed by atoms with E-state index in [0.29, 0.717) is 24.6 Å². The zero-order chi connectivity index (χ0) is 19.9. The molecule has 2 aromatic heterocycles. The number of benzene rings is 1. The number of aromatic nitrogens is 1. The van der Waals surface area contributed by atoms with E-state index in [0.717, 1.165) is 18.8 Å². The maximum atomic E-state index is 12.5. The van der Waals surface area contributed by atoms with Gasteiger partial charge in [0, 0.05) is 28.6 Å². The number of thiazole rings is 1. The Bertz CT molecular complexity index is 893. The number of amides is 2. The van der Waals surface area contributed by atoms with Crippen LogP contribution in [0.3, 0.4) is 0 Å². The number of carbonyl (C=O) groups is 1. The van der Waals surface area contributed by atoms with Crippen LogP contribution in [0.5, 0.6) is 5.75 Å². The van der Waals surface area contributed by atoms with Gasteiger partial charge in [-0.2, -0.15) is 0 Å². The normalized spacial score (nSPS) is 15.2. The molecule has 0 radical (unpaired) electrons. The number of nitrogens with one attached hydrogen (secondary N) is 2. The topological polar surface area (TPSA) is 66.5 Å². The Morgan fingerprint density at radius 1 is 1.24 bits per heavy atom. The van der Waals surface area contributed by atoms with Gasteiger partial charge in [0.15, 0.2) is 0 Å². The highest BCUT2D eigenvalue weighted by molar-refractivity contribution is 7.10. The average Bonchev–Trinajstić information content (AvgIpc) is 3.50. The van der Waals surface area contributed by atoms with Crippen molar-refractivity contribution < 1.29 is 9.53 Å². The molecule has 0 saturated carbocycles. The molecule has 4 rings (SSSR count). The van der Waals surface area contributed by atoms with Crippen LogP contribution in [0.1, 0.15) is 29.5 Å². The summed E-state index contributed by atoms with van der Waals surface area (Å²) in [6.45, 7) is 3.18. The Morgan fingerprint density at radius 2 is 2.14 bits per heavy atom. The number of thiophene rings is 1. The number of ether oxygens (including phenoxy) is 1. The Kier molecular flexibility index (Phi) is 6.76. The second-order valence-corrected chi connectivity index (χ2v) is 8.60. The predicted octanol–water partition coefficient (Wildman–Crippen LogP) is 4.74. The van der Waals surface area contributed by atoms with E-state index >= 15 is 0 Å². The van der Waals surface area contributed by atoms with E-state index in [1.165, 1.54) is 17.7 Å². The number of urea groups is 1. The largest absolute Gasteiger partial charge is 0.487 e. The lowest BCUT2D eigenvalue weighted by atomic mass is 10.2. The molecule has 1 unspecified atom stereocenters. The zero-order valence-electron chi connectivity index (χ0n) is 16.0. The van der Waals surface area contributed by atoms with Gasteiger partial charge in [-0.15, -0.1) is 22.7 Å². The first-order valence-corrected chi connectivity index (χ1v) is 11.5. The van der Waals surface area contributed by atoms with Crippen LogP contribution in [-0.2, 0) is 6.61 Å². The van der Waals surface area contributed by atoms with Crippen molar-refractivity contribution in [3.8, 4) is 5.75 Å². The van der Waals surface area contributed by atoms with Crippen LogP contribution >= 0.6 is 22.7 Å². The summed E-state index contributed by atoms with van der Waals surface area (Å²) in [4.78, 5) is 20.4. The smallest absolute Gasteiger partial charge is 0.319 e. The second kappa shape index (κ2) is 9.87. The summed E-state index contributed by atoms with van der Waals surface area (Å²) < 4.78 is 5.75. The van der Waals surface area contributed by atoms with Crippen LogP contribution in [0.4, 0.5) is 10.5 Å². The van der Waals surface area contributed by atoms with Gasteiger partial charge in [-0.05, 0) is 49.5 Å². The number of rotatable bonds is 8. The quantitative estimate of drug-likeness (QED) is 0.544. The molecule has 1 aromatic carbocycles. The summed E-state index contributed by atoms with van der Waals surface area (Å²) in [6.07, 6.45) is 2.45. The first-order valence-electron chi connectivity index (χ1n) is 9.70. The highest BCUT2D eigenvalue weighted by atomic mass is 32.1. The fourth-order valence-corrected chi connectivity index (χ4v) is 4.84. The molecule has 2 amide bonds. The lowest BCUT2D eigenvalue weighted by Gasteiger charge is -2.27. The summed E-state index contributed by atoms with van der Waals surface area (Å²) >= 11 is 3.29. The Morgan fingerprint density at radius 3 is 2.90 bits per heavy atom. The van der Waals surface area contributed by atoms with Gasteiger partial charge in [0.2, 0.25) is 0 Å². The minimum Gasteiger partial charge on any atom is -0.487 e. The van der Waals surface area contributed by atoms with Crippen molar-refractivity contribution >= 4 is 34.4 Å². The molecule has 1 aliphatic rings. The third-order valence-electron chi connectivity index (χ3n) is 4.87. The number of hydrogen-bond donors (Lipinski definition) is 2. The van der Waals surface area contributed by atoms with Gasteiger partial charge in [0.25, 0.3) is 0 Å². The molecule has 3 heterocycles. The fourth-order valence-electron chi connectivity index (χ4n) is 3.44. The highest BCUT2D eigenvalue weighted by Gasteiger charge is 2.24. The molecular formula is C21H24N4O2S2. The molecule has 1 aliphatic heterocycles. The summed E-state index contributed by atoms with van der Waals surface area (Å²) in [5.41, 5.74) is 3.38. The van der Waals surface area contributed by atoms with E-state index in [9.17, 15) is 4.79 Å². The summed E-state index contributed by atoms with van der Waals surface area (Å²) in [7, 11) is 0. The van der Waals surface area contributed by atoms with Crippen LogP contribution in [0.2, 0.25) is 0 Å². The van der Waals surface area contributed by atoms with E-state index in [2.05, 4.69) is 38.0 Å². The van der Waals surface area contributed by atoms with Crippen molar-refractivity contribution in [1.29, 1.82) is 0 Å². The van der Waals surface area contributed by atoms with Crippen molar-refractivity contribution in [3.05, 3.63) is 63.2 Å². The van der Waals surface area contributed by atoms with E-state index in [1.54, 1.807) is 28.2 Å². The van der Waals surface area contributed by atoms with E-state index in [4.69, 9.17) is 4.74 Å². The fraction of sp³-hybridized carbons (Fsp3) is 0.333. The van der Waals surface area contributed by atoms with Gasteiger partial charge >= 0.3 is 6.03 Å². The van der Waals surface area contributed by atoms with Crippen molar-refractivity contribution in [2.75, 3.05) is 25.0 Å². The maximum absolute atomic E-state index is 12.5. The second-order valence-electron chi connectivity index (χ2n) is 6.91. The molecule has 0 spiro atoms. The number of nitrogens with zero attached hydrogens (tertiary/aromatic N) is 2. The molecule has 152 valence electrons. The number of anilines is 1. The van der Waals surface area contributed by atoms with Gasteiger partial charge < -0.3 is 15.4 Å². The minimum atomic E-state index is -0.206. The molecule has 0 bridgehead atoms. The molecular weight excluding hydrogens is 404 g/mol. The Balaban J connectivity index is 1.31. The third-order valence-corrected chi connectivity index (χ3v) is 6.48. The first-order chi connectivity index (χ1) is 14.3. The van der Waals surface area contributed by atoms with E-state index in [-0.39, 0.29) is 12.1 Å². The highest BCUT2D eigenvalue weighted by Crippen LogP contribution is 2.28. The summed E-state index contributed by atoms with van der Waals surface area (Å²) in [5, 5.41) is 9.99. The number of likely N-dealkylation sites (tertiary alicyclic amines) is 1. The summed E-state index contributed by atoms with van der Waals surface area (Å²) in [6, 6.07) is 11.7. The summed E-state index contributed by atoms with van der Waals surface area (Å²) in [5.74, 6) is 0.698. The van der Waals surface area contributed by atoms with Gasteiger partial charge in [0.05, 0.1) is 17.2 Å². The first kappa shape index (κ1) is 19.9. The molecule has 8 heteroatoms. The molecule has 29 heavy (non-hydrogen) atoms. The number of carbonyl (C=O) groups excluding carboxylic acids is 1. The molecule has 1 saturated heterocycles. The molecule has 1 fully saturated rings. The van der Waals surface area contributed by atoms with Gasteiger partial charge in [-0.25, -0.2) is 9.78 Å². The Hall–Kier alpha value is -2.42. The molecule has 3 aromatic rings. The van der Waals surface area contributed by atoms with Crippen molar-refractivity contribution in [3.63, 3.8) is 0 Å². The van der Waals surface area contributed by atoms with Crippen LogP contribution in [-0.4, -0.2) is 35.5 Å². The predicted molar refractivity (Wildman–Crippen MR) is 118 cm³/mol. The SMILES string of the molecule is O=C(NCC(c1cccs1)N1CCCC1)Nc1cccc(OCc2cscn2)c1. The van der Waals surface area contributed by atoms with Crippen LogP contribution in [0, 0.1) is 0 Å². The van der Waals surface area contributed by atoms with Crippen molar-refractivity contribution in [2.45, 2.75) is 25.5 Å².